The highest BCUT2D eigenvalue weighted by atomic mass is 16.5. The van der Waals surface area contributed by atoms with Gasteiger partial charge in [0.15, 0.2) is 6.61 Å². The molecule has 1 amide bonds. The summed E-state index contributed by atoms with van der Waals surface area (Å²) in [5.74, 6) is 1.42. The van der Waals surface area contributed by atoms with E-state index >= 15 is 0 Å². The molecule has 2 aromatic rings. The van der Waals surface area contributed by atoms with Gasteiger partial charge in [-0.15, -0.1) is 0 Å². The van der Waals surface area contributed by atoms with E-state index in [9.17, 15) is 9.59 Å². The average Bonchev–Trinajstić information content (AvgIpc) is 3.35. The molecule has 146 valence electrons. The van der Waals surface area contributed by atoms with Crippen molar-refractivity contribution in [3.8, 4) is 0 Å². The van der Waals surface area contributed by atoms with Crippen molar-refractivity contribution < 1.29 is 14.3 Å². The van der Waals surface area contributed by atoms with Gasteiger partial charge in [0.25, 0.3) is 5.91 Å². The Hall–Kier alpha value is -2.62. The van der Waals surface area contributed by atoms with Gasteiger partial charge in [0.05, 0.1) is 6.04 Å². The zero-order valence-corrected chi connectivity index (χ0v) is 16.1. The maximum atomic E-state index is 12.5. The van der Waals surface area contributed by atoms with E-state index in [1.165, 1.54) is 19.3 Å². The molecule has 4 heteroatoms. The van der Waals surface area contributed by atoms with E-state index in [1.807, 2.05) is 60.7 Å². The van der Waals surface area contributed by atoms with Gasteiger partial charge in [-0.25, -0.2) is 0 Å². The number of fused-ring (bicyclic) bond motifs is 2. The Kier molecular flexibility index (Phi) is 5.75. The summed E-state index contributed by atoms with van der Waals surface area (Å²) in [6, 6.07) is 19.4. The molecule has 0 saturated heterocycles. The van der Waals surface area contributed by atoms with Crippen LogP contribution in [0.15, 0.2) is 60.7 Å². The molecule has 4 rings (SSSR count). The van der Waals surface area contributed by atoms with Crippen molar-refractivity contribution in [2.75, 3.05) is 6.61 Å². The first-order chi connectivity index (χ1) is 13.7. The molecule has 28 heavy (non-hydrogen) atoms. The number of amides is 1. The summed E-state index contributed by atoms with van der Waals surface area (Å²) in [6.45, 7) is -0.226. The lowest BCUT2D eigenvalue weighted by Gasteiger charge is -2.21. The van der Waals surface area contributed by atoms with E-state index in [1.54, 1.807) is 0 Å². The van der Waals surface area contributed by atoms with Crippen molar-refractivity contribution in [3.63, 3.8) is 0 Å². The van der Waals surface area contributed by atoms with Crippen molar-refractivity contribution in [3.05, 3.63) is 71.8 Å². The van der Waals surface area contributed by atoms with E-state index in [0.717, 1.165) is 23.5 Å². The minimum atomic E-state index is -0.279. The number of ether oxygens (including phenoxy) is 1. The number of hydrogen-bond donors (Lipinski definition) is 1. The zero-order valence-electron chi connectivity index (χ0n) is 16.1. The van der Waals surface area contributed by atoms with E-state index in [2.05, 4.69) is 5.32 Å². The average molecular weight is 377 g/mol. The third kappa shape index (κ3) is 4.44. The van der Waals surface area contributed by atoms with Gasteiger partial charge in [0, 0.05) is 6.42 Å². The quantitative estimate of drug-likeness (QED) is 0.734. The number of carbonyl (C=O) groups is 2. The van der Waals surface area contributed by atoms with Crippen molar-refractivity contribution in [1.29, 1.82) is 0 Å². The fraction of sp³-hybridized carbons (Fsp3) is 0.417. The minimum Gasteiger partial charge on any atom is -0.456 e. The molecule has 2 aromatic carbocycles. The largest absolute Gasteiger partial charge is 0.456 e. The summed E-state index contributed by atoms with van der Waals surface area (Å²) >= 11 is 0. The van der Waals surface area contributed by atoms with Crippen LogP contribution in [0.2, 0.25) is 0 Å². The van der Waals surface area contributed by atoms with E-state index in [0.29, 0.717) is 18.3 Å². The first-order valence-electron chi connectivity index (χ1n) is 10.2. The van der Waals surface area contributed by atoms with Crippen LogP contribution in [0.25, 0.3) is 0 Å². The molecule has 0 spiro atoms. The van der Waals surface area contributed by atoms with Crippen LogP contribution < -0.4 is 5.32 Å². The molecule has 0 radical (unpaired) electrons. The maximum absolute atomic E-state index is 12.5. The van der Waals surface area contributed by atoms with Gasteiger partial charge in [-0.2, -0.15) is 0 Å². The fourth-order valence-electron chi connectivity index (χ4n) is 4.90. The summed E-state index contributed by atoms with van der Waals surface area (Å²) in [6.07, 6.45) is 5.44. The Morgan fingerprint density at radius 1 is 0.929 bits per heavy atom. The zero-order chi connectivity index (χ0) is 19.3. The van der Waals surface area contributed by atoms with Crippen LogP contribution in [-0.2, 0) is 14.3 Å². The number of nitrogens with one attached hydrogen (secondary N) is 1. The molecule has 2 bridgehead atoms. The van der Waals surface area contributed by atoms with Crippen LogP contribution in [-0.4, -0.2) is 18.5 Å². The standard InChI is InChI=1S/C24H27NO3/c26-22(16-28-23(27)15-21-14-17-11-12-20(21)13-17)25-24(18-7-3-1-4-8-18)19-9-5-2-6-10-19/h1-10,17,20-21,24H,11-16H2,(H,25,26)/t17-,20+,21-/m0/s1. The lowest BCUT2D eigenvalue weighted by molar-refractivity contribution is -0.150. The van der Waals surface area contributed by atoms with Crippen LogP contribution in [0.1, 0.15) is 49.3 Å². The summed E-state index contributed by atoms with van der Waals surface area (Å²) in [5, 5.41) is 3.01. The lowest BCUT2D eigenvalue weighted by atomic mass is 9.86. The molecule has 0 aliphatic heterocycles. The highest BCUT2D eigenvalue weighted by Gasteiger charge is 2.40. The first kappa shape index (κ1) is 18.7. The number of esters is 1. The maximum Gasteiger partial charge on any atom is 0.306 e. The Labute approximate surface area is 166 Å². The summed E-state index contributed by atoms with van der Waals surface area (Å²) in [7, 11) is 0. The summed E-state index contributed by atoms with van der Waals surface area (Å²) in [4.78, 5) is 24.7. The third-order valence-corrected chi connectivity index (χ3v) is 6.25. The molecule has 2 saturated carbocycles. The SMILES string of the molecule is O=C(COC(=O)C[C@@H]1C[C@H]2CC[C@@H]1C2)NC(c1ccccc1)c1ccccc1. The van der Waals surface area contributed by atoms with Crippen molar-refractivity contribution in [1.82, 2.24) is 5.32 Å². The monoisotopic (exact) mass is 377 g/mol. The molecule has 1 N–H and O–H groups in total. The molecule has 0 unspecified atom stereocenters. The Bertz CT molecular complexity index is 766. The molecule has 2 aliphatic rings. The second-order valence-electron chi connectivity index (χ2n) is 8.12. The third-order valence-electron chi connectivity index (χ3n) is 6.25. The summed E-state index contributed by atoms with van der Waals surface area (Å²) < 4.78 is 5.30. The topological polar surface area (TPSA) is 55.4 Å². The van der Waals surface area contributed by atoms with E-state index in [4.69, 9.17) is 4.74 Å². The summed E-state index contributed by atoms with van der Waals surface area (Å²) in [5.41, 5.74) is 1.99. The Morgan fingerprint density at radius 2 is 1.57 bits per heavy atom. The van der Waals surface area contributed by atoms with Gasteiger partial charge in [-0.05, 0) is 48.1 Å². The van der Waals surface area contributed by atoms with Gasteiger partial charge in [-0.1, -0.05) is 67.1 Å². The molecule has 0 heterocycles. The van der Waals surface area contributed by atoms with Crippen LogP contribution in [0, 0.1) is 17.8 Å². The second-order valence-corrected chi connectivity index (χ2v) is 8.12. The molecular weight excluding hydrogens is 350 g/mol. The number of rotatable bonds is 7. The Balaban J connectivity index is 1.32. The Morgan fingerprint density at radius 3 is 2.11 bits per heavy atom. The number of hydrogen-bond acceptors (Lipinski definition) is 3. The smallest absolute Gasteiger partial charge is 0.306 e. The highest BCUT2D eigenvalue weighted by molar-refractivity contribution is 5.81. The van der Waals surface area contributed by atoms with Crippen LogP contribution in [0.3, 0.4) is 0 Å². The predicted octanol–water partition coefficient (Wildman–Crippen LogP) is 4.26. The van der Waals surface area contributed by atoms with Crippen molar-refractivity contribution >= 4 is 11.9 Å². The molecular formula is C24H27NO3. The van der Waals surface area contributed by atoms with Gasteiger partial charge < -0.3 is 10.1 Å². The fourth-order valence-corrected chi connectivity index (χ4v) is 4.90. The van der Waals surface area contributed by atoms with Crippen LogP contribution in [0.5, 0.6) is 0 Å². The van der Waals surface area contributed by atoms with Crippen molar-refractivity contribution in [2.45, 2.75) is 38.1 Å². The van der Waals surface area contributed by atoms with Gasteiger partial charge in [0.1, 0.15) is 0 Å². The number of benzene rings is 2. The number of carbonyl (C=O) groups excluding carboxylic acids is 2. The molecule has 3 atom stereocenters. The normalized spacial score (nSPS) is 23.0. The molecule has 2 aliphatic carbocycles. The molecule has 0 aromatic heterocycles. The van der Waals surface area contributed by atoms with Gasteiger partial charge >= 0.3 is 5.97 Å². The highest BCUT2D eigenvalue weighted by Crippen LogP contribution is 2.49. The minimum absolute atomic E-state index is 0.226. The predicted molar refractivity (Wildman–Crippen MR) is 107 cm³/mol. The second kappa shape index (κ2) is 8.59. The van der Waals surface area contributed by atoms with E-state index < -0.39 is 0 Å². The van der Waals surface area contributed by atoms with Crippen LogP contribution >= 0.6 is 0 Å². The van der Waals surface area contributed by atoms with Gasteiger partial charge in [-0.3, -0.25) is 9.59 Å². The van der Waals surface area contributed by atoms with Crippen LogP contribution in [0.4, 0.5) is 0 Å². The van der Waals surface area contributed by atoms with Gasteiger partial charge in [0.2, 0.25) is 0 Å². The lowest BCUT2D eigenvalue weighted by Crippen LogP contribution is -2.33. The van der Waals surface area contributed by atoms with E-state index in [-0.39, 0.29) is 24.5 Å². The van der Waals surface area contributed by atoms with Crippen molar-refractivity contribution in [2.24, 2.45) is 17.8 Å². The molecule has 4 nitrogen and oxygen atoms in total. The first-order valence-corrected chi connectivity index (χ1v) is 10.2. The molecule has 2 fully saturated rings.